The lowest BCUT2D eigenvalue weighted by molar-refractivity contribution is -0.111. The molecule has 0 unspecified atom stereocenters. The molecule has 0 saturated carbocycles. The van der Waals surface area contributed by atoms with Crippen molar-refractivity contribution in [2.45, 2.75) is 6.61 Å². The van der Waals surface area contributed by atoms with Gasteiger partial charge in [-0.3, -0.25) is 4.79 Å². The number of aromatic carboxylic acids is 1. The van der Waals surface area contributed by atoms with Gasteiger partial charge in [0.1, 0.15) is 23.7 Å². The molecular formula is C23H19NO5. The van der Waals surface area contributed by atoms with E-state index in [-0.39, 0.29) is 17.0 Å². The zero-order chi connectivity index (χ0) is 20.6. The molecule has 3 rings (SSSR count). The van der Waals surface area contributed by atoms with Gasteiger partial charge in [0.05, 0.1) is 0 Å². The molecule has 0 aliphatic heterocycles. The zero-order valence-corrected chi connectivity index (χ0v) is 15.4. The van der Waals surface area contributed by atoms with Crippen molar-refractivity contribution in [1.29, 1.82) is 0 Å². The van der Waals surface area contributed by atoms with Crippen LogP contribution in [0.5, 0.6) is 11.5 Å². The number of ether oxygens (including phenoxy) is 1. The molecule has 0 fully saturated rings. The number of hydrogen-bond acceptors (Lipinski definition) is 4. The summed E-state index contributed by atoms with van der Waals surface area (Å²) in [5.41, 5.74) is 1.83. The maximum absolute atomic E-state index is 12.1. The summed E-state index contributed by atoms with van der Waals surface area (Å²) in [7, 11) is 0. The van der Waals surface area contributed by atoms with Crippen LogP contribution in [0.4, 0.5) is 5.69 Å². The predicted molar refractivity (Wildman–Crippen MR) is 110 cm³/mol. The summed E-state index contributed by atoms with van der Waals surface area (Å²) in [4.78, 5) is 23.2. The average molecular weight is 389 g/mol. The van der Waals surface area contributed by atoms with Crippen LogP contribution in [0.2, 0.25) is 0 Å². The van der Waals surface area contributed by atoms with E-state index < -0.39 is 11.9 Å². The first-order valence-corrected chi connectivity index (χ1v) is 8.83. The number of carboxylic acids is 1. The van der Waals surface area contributed by atoms with Gasteiger partial charge in [0.15, 0.2) is 0 Å². The van der Waals surface area contributed by atoms with E-state index >= 15 is 0 Å². The highest BCUT2D eigenvalue weighted by Crippen LogP contribution is 2.21. The van der Waals surface area contributed by atoms with Crippen molar-refractivity contribution in [1.82, 2.24) is 0 Å². The topological polar surface area (TPSA) is 95.9 Å². The first kappa shape index (κ1) is 19.7. The number of hydrogen-bond donors (Lipinski definition) is 3. The monoisotopic (exact) mass is 389 g/mol. The van der Waals surface area contributed by atoms with Crippen molar-refractivity contribution in [2.75, 3.05) is 5.32 Å². The summed E-state index contributed by atoms with van der Waals surface area (Å²) in [5.74, 6) is -1.39. The quantitative estimate of drug-likeness (QED) is 0.413. The van der Waals surface area contributed by atoms with Crippen LogP contribution in [-0.4, -0.2) is 22.1 Å². The van der Waals surface area contributed by atoms with Crippen molar-refractivity contribution in [3.8, 4) is 11.5 Å². The van der Waals surface area contributed by atoms with E-state index in [9.17, 15) is 14.7 Å². The molecule has 0 aliphatic carbocycles. The molecule has 0 aromatic heterocycles. The van der Waals surface area contributed by atoms with Crippen LogP contribution in [0.25, 0.3) is 6.08 Å². The third-order valence-electron chi connectivity index (χ3n) is 4.03. The van der Waals surface area contributed by atoms with E-state index in [0.717, 1.165) is 11.1 Å². The van der Waals surface area contributed by atoms with Gasteiger partial charge in [-0.25, -0.2) is 4.79 Å². The molecule has 29 heavy (non-hydrogen) atoms. The lowest BCUT2D eigenvalue weighted by Crippen LogP contribution is -2.08. The van der Waals surface area contributed by atoms with Gasteiger partial charge < -0.3 is 20.3 Å². The smallest absolute Gasteiger partial charge is 0.339 e. The summed E-state index contributed by atoms with van der Waals surface area (Å²) < 4.78 is 5.77. The van der Waals surface area contributed by atoms with Gasteiger partial charge in [0.2, 0.25) is 5.91 Å². The Balaban J connectivity index is 1.61. The van der Waals surface area contributed by atoms with Crippen molar-refractivity contribution in [2.24, 2.45) is 0 Å². The highest BCUT2D eigenvalue weighted by atomic mass is 16.5. The Kier molecular flexibility index (Phi) is 6.27. The fourth-order valence-electron chi connectivity index (χ4n) is 2.59. The molecule has 146 valence electrons. The van der Waals surface area contributed by atoms with E-state index in [2.05, 4.69) is 5.32 Å². The lowest BCUT2D eigenvalue weighted by atomic mass is 10.1. The summed E-state index contributed by atoms with van der Waals surface area (Å²) in [6.07, 6.45) is 2.97. The molecule has 0 bridgehead atoms. The zero-order valence-electron chi connectivity index (χ0n) is 15.4. The third-order valence-corrected chi connectivity index (χ3v) is 4.03. The largest absolute Gasteiger partial charge is 0.507 e. The Bertz CT molecular complexity index is 1040. The van der Waals surface area contributed by atoms with Gasteiger partial charge in [-0.1, -0.05) is 42.5 Å². The second-order valence-corrected chi connectivity index (χ2v) is 6.21. The molecule has 0 aliphatic rings. The van der Waals surface area contributed by atoms with E-state index in [1.54, 1.807) is 6.08 Å². The molecular weight excluding hydrogens is 370 g/mol. The van der Waals surface area contributed by atoms with Crippen LogP contribution in [-0.2, 0) is 11.4 Å². The second kappa shape index (κ2) is 9.23. The van der Waals surface area contributed by atoms with Gasteiger partial charge >= 0.3 is 5.97 Å². The molecule has 1 amide bonds. The number of phenols is 1. The Morgan fingerprint density at radius 1 is 0.966 bits per heavy atom. The van der Waals surface area contributed by atoms with Gasteiger partial charge in [-0.05, 0) is 47.5 Å². The minimum Gasteiger partial charge on any atom is -0.507 e. The summed E-state index contributed by atoms with van der Waals surface area (Å²) in [6, 6.07) is 21.0. The molecule has 0 spiro atoms. The number of anilines is 1. The van der Waals surface area contributed by atoms with E-state index in [1.807, 2.05) is 54.6 Å². The Morgan fingerprint density at radius 3 is 2.52 bits per heavy atom. The van der Waals surface area contributed by atoms with Crippen molar-refractivity contribution in [3.63, 3.8) is 0 Å². The van der Waals surface area contributed by atoms with Gasteiger partial charge in [0, 0.05) is 11.8 Å². The minimum absolute atomic E-state index is 0.273. The Hall–Kier alpha value is -4.06. The molecule has 0 heterocycles. The number of aromatic hydroxyl groups is 1. The van der Waals surface area contributed by atoms with E-state index in [1.165, 1.54) is 24.3 Å². The van der Waals surface area contributed by atoms with Gasteiger partial charge in [0.25, 0.3) is 0 Å². The van der Waals surface area contributed by atoms with Crippen LogP contribution < -0.4 is 10.1 Å². The minimum atomic E-state index is -1.28. The summed E-state index contributed by atoms with van der Waals surface area (Å²) in [5, 5.41) is 21.1. The summed E-state index contributed by atoms with van der Waals surface area (Å²) in [6.45, 7) is 0.446. The maximum atomic E-state index is 12.1. The maximum Gasteiger partial charge on any atom is 0.339 e. The van der Waals surface area contributed by atoms with Crippen LogP contribution in [0, 0.1) is 0 Å². The first-order valence-electron chi connectivity index (χ1n) is 8.83. The van der Waals surface area contributed by atoms with Gasteiger partial charge in [-0.15, -0.1) is 0 Å². The van der Waals surface area contributed by atoms with Crippen molar-refractivity contribution < 1.29 is 24.5 Å². The number of nitrogens with one attached hydrogen (secondary N) is 1. The number of carbonyl (C=O) groups excluding carboxylic acids is 1. The van der Waals surface area contributed by atoms with Crippen molar-refractivity contribution >= 4 is 23.6 Å². The predicted octanol–water partition coefficient (Wildman–Crippen LogP) is 4.32. The van der Waals surface area contributed by atoms with Crippen molar-refractivity contribution in [3.05, 3.63) is 95.6 Å². The Labute approximate surface area is 167 Å². The Morgan fingerprint density at radius 2 is 1.76 bits per heavy atom. The number of rotatable bonds is 7. The van der Waals surface area contributed by atoms with Crippen LogP contribution in [0.1, 0.15) is 21.5 Å². The normalized spacial score (nSPS) is 10.6. The van der Waals surface area contributed by atoms with E-state index in [4.69, 9.17) is 9.84 Å². The molecule has 3 aromatic carbocycles. The molecule has 0 atom stereocenters. The fraction of sp³-hybridized carbons (Fsp3) is 0.0435. The summed E-state index contributed by atoms with van der Waals surface area (Å²) >= 11 is 0. The number of benzene rings is 3. The first-order chi connectivity index (χ1) is 14.0. The average Bonchev–Trinajstić information content (AvgIpc) is 2.73. The number of amides is 1. The third kappa shape index (κ3) is 5.71. The second-order valence-electron chi connectivity index (χ2n) is 6.21. The highest BCUT2D eigenvalue weighted by Gasteiger charge is 2.10. The number of carboxylic acid groups (broad SMARTS) is 1. The number of carbonyl (C=O) groups is 2. The SMILES string of the molecule is O=C(/C=C/c1cccc(OCc2ccccc2)c1)Nc1ccc(O)c(C(=O)O)c1. The molecule has 0 saturated heterocycles. The van der Waals surface area contributed by atoms with Gasteiger partial charge in [-0.2, -0.15) is 0 Å². The van der Waals surface area contributed by atoms with Crippen LogP contribution in [0.3, 0.4) is 0 Å². The van der Waals surface area contributed by atoms with E-state index in [0.29, 0.717) is 12.4 Å². The lowest BCUT2D eigenvalue weighted by Gasteiger charge is -2.07. The molecule has 3 N–H and O–H groups in total. The molecule has 6 heteroatoms. The van der Waals surface area contributed by atoms with Crippen LogP contribution in [0.15, 0.2) is 78.9 Å². The molecule has 3 aromatic rings. The van der Waals surface area contributed by atoms with Crippen LogP contribution >= 0.6 is 0 Å². The highest BCUT2D eigenvalue weighted by molar-refractivity contribution is 6.03. The standard InChI is InChI=1S/C23H19NO5/c25-21-11-10-18(14-20(21)23(27)28)24-22(26)12-9-16-7-4-8-19(13-16)29-15-17-5-2-1-3-6-17/h1-14,25H,15H2,(H,24,26)(H,27,28)/b12-9+. The fourth-order valence-corrected chi connectivity index (χ4v) is 2.59. The molecule has 0 radical (unpaired) electrons. The molecule has 6 nitrogen and oxygen atoms in total.